The third-order valence-electron chi connectivity index (χ3n) is 3.49. The first-order valence-corrected chi connectivity index (χ1v) is 7.06. The molecule has 1 N–H and O–H groups in total. The van der Waals surface area contributed by atoms with Crippen LogP contribution < -0.4 is 5.32 Å². The summed E-state index contributed by atoms with van der Waals surface area (Å²) in [4.78, 5) is 37.3. The molecule has 0 atom stereocenters. The summed E-state index contributed by atoms with van der Waals surface area (Å²) in [6.45, 7) is 3.59. The molecule has 126 valence electrons. The first-order valence-electron chi connectivity index (χ1n) is 7.06. The summed E-state index contributed by atoms with van der Waals surface area (Å²) in [6, 6.07) is 3.02. The molecule has 0 bridgehead atoms. The van der Waals surface area contributed by atoms with Crippen LogP contribution in [0.15, 0.2) is 12.1 Å². The molecule has 1 rings (SSSR count). The highest BCUT2D eigenvalue weighted by Crippen LogP contribution is 2.30. The monoisotopic (exact) mass is 322 g/mol. The highest BCUT2D eigenvalue weighted by atomic mass is 16.6. The van der Waals surface area contributed by atoms with E-state index in [1.54, 1.807) is 39.0 Å². The van der Waals surface area contributed by atoms with E-state index in [2.05, 4.69) is 5.32 Å². The lowest BCUT2D eigenvalue weighted by atomic mass is 10.1. The molecule has 0 radical (unpaired) electrons. The number of anilines is 1. The van der Waals surface area contributed by atoms with E-state index in [1.807, 2.05) is 6.92 Å². The number of amides is 2. The molecule has 0 heterocycles. The van der Waals surface area contributed by atoms with E-state index in [0.717, 1.165) is 5.56 Å². The van der Waals surface area contributed by atoms with E-state index in [9.17, 15) is 19.7 Å². The number of nitro benzene ring substituents is 1. The number of benzene rings is 1. The first-order chi connectivity index (χ1) is 10.6. The van der Waals surface area contributed by atoms with Crippen LogP contribution in [0.25, 0.3) is 0 Å². The maximum Gasteiger partial charge on any atom is 0.293 e. The van der Waals surface area contributed by atoms with Crippen molar-refractivity contribution in [1.82, 2.24) is 9.80 Å². The van der Waals surface area contributed by atoms with Crippen LogP contribution in [0.5, 0.6) is 0 Å². The molecule has 23 heavy (non-hydrogen) atoms. The lowest BCUT2D eigenvalue weighted by Gasteiger charge is -2.19. The number of aryl methyl sites for hydroxylation is 1. The summed E-state index contributed by atoms with van der Waals surface area (Å²) in [6.07, 6.45) is 0. The van der Waals surface area contributed by atoms with Crippen molar-refractivity contribution in [3.63, 3.8) is 0 Å². The topological polar surface area (TPSA) is 95.8 Å². The number of likely N-dealkylation sites (N-methyl/N-ethyl adjacent to an activating group) is 2. The normalized spacial score (nSPS) is 10.5. The SMILES string of the molecule is Cc1ccc([N+](=O)[O-])c(NC(=O)CN(C)CC(=O)N(C)C)c1C. The third kappa shape index (κ3) is 5.03. The van der Waals surface area contributed by atoms with Crippen molar-refractivity contribution in [3.8, 4) is 0 Å². The fourth-order valence-electron chi connectivity index (χ4n) is 1.96. The second-order valence-corrected chi connectivity index (χ2v) is 5.67. The summed E-state index contributed by atoms with van der Waals surface area (Å²) < 4.78 is 0. The van der Waals surface area contributed by atoms with Gasteiger partial charge in [-0.15, -0.1) is 0 Å². The lowest BCUT2D eigenvalue weighted by molar-refractivity contribution is -0.384. The molecule has 0 saturated carbocycles. The maximum absolute atomic E-state index is 12.1. The van der Waals surface area contributed by atoms with E-state index in [0.29, 0.717) is 5.56 Å². The van der Waals surface area contributed by atoms with E-state index in [4.69, 9.17) is 0 Å². The Labute approximate surface area is 135 Å². The van der Waals surface area contributed by atoms with Crippen molar-refractivity contribution in [3.05, 3.63) is 33.4 Å². The van der Waals surface area contributed by atoms with Crippen LogP contribution in [0.1, 0.15) is 11.1 Å². The van der Waals surface area contributed by atoms with Crippen molar-refractivity contribution < 1.29 is 14.5 Å². The number of carbonyl (C=O) groups is 2. The molecule has 1 aromatic rings. The van der Waals surface area contributed by atoms with Gasteiger partial charge in [0.05, 0.1) is 18.0 Å². The van der Waals surface area contributed by atoms with Crippen LogP contribution in [0.2, 0.25) is 0 Å². The molecule has 0 aliphatic carbocycles. The van der Waals surface area contributed by atoms with Gasteiger partial charge < -0.3 is 10.2 Å². The van der Waals surface area contributed by atoms with Gasteiger partial charge in [-0.3, -0.25) is 24.6 Å². The summed E-state index contributed by atoms with van der Waals surface area (Å²) in [5.74, 6) is -0.533. The van der Waals surface area contributed by atoms with Crippen molar-refractivity contribution in [1.29, 1.82) is 0 Å². The number of nitrogens with one attached hydrogen (secondary N) is 1. The number of nitro groups is 1. The Morgan fingerprint density at radius 1 is 1.17 bits per heavy atom. The zero-order valence-corrected chi connectivity index (χ0v) is 14.0. The van der Waals surface area contributed by atoms with Crippen LogP contribution in [-0.2, 0) is 9.59 Å². The number of rotatable bonds is 6. The predicted molar refractivity (Wildman–Crippen MR) is 87.4 cm³/mol. The summed E-state index contributed by atoms with van der Waals surface area (Å²) in [5, 5.41) is 13.7. The first kappa shape index (κ1) is 18.6. The second-order valence-electron chi connectivity index (χ2n) is 5.67. The van der Waals surface area contributed by atoms with Gasteiger partial charge >= 0.3 is 0 Å². The van der Waals surface area contributed by atoms with Crippen molar-refractivity contribution in [2.75, 3.05) is 39.5 Å². The van der Waals surface area contributed by atoms with Crippen molar-refractivity contribution >= 4 is 23.2 Å². The van der Waals surface area contributed by atoms with E-state index in [1.165, 1.54) is 11.0 Å². The minimum atomic E-state index is -0.526. The second kappa shape index (κ2) is 7.68. The predicted octanol–water partition coefficient (Wildman–Crippen LogP) is 1.17. The van der Waals surface area contributed by atoms with Crippen LogP contribution in [0.4, 0.5) is 11.4 Å². The molecule has 2 amide bonds. The Balaban J connectivity index is 2.84. The smallest absolute Gasteiger partial charge is 0.293 e. The molecular weight excluding hydrogens is 300 g/mol. The Bertz CT molecular complexity index is 628. The standard InChI is InChI=1S/C15H22N4O4/c1-10-6-7-12(19(22)23)15(11(10)2)16-13(20)8-18(5)9-14(21)17(3)4/h6-7H,8-9H2,1-5H3,(H,16,20). The van der Waals surface area contributed by atoms with Gasteiger partial charge in [-0.1, -0.05) is 6.07 Å². The fraction of sp³-hybridized carbons (Fsp3) is 0.467. The molecule has 0 unspecified atom stereocenters. The van der Waals surface area contributed by atoms with Crippen LogP contribution in [-0.4, -0.2) is 60.8 Å². The zero-order valence-electron chi connectivity index (χ0n) is 14.0. The number of hydrogen-bond donors (Lipinski definition) is 1. The molecule has 8 nitrogen and oxygen atoms in total. The summed E-state index contributed by atoms with van der Waals surface area (Å²) >= 11 is 0. The minimum absolute atomic E-state index is 0.0376. The van der Waals surface area contributed by atoms with E-state index >= 15 is 0 Å². The number of nitrogens with zero attached hydrogens (tertiary/aromatic N) is 3. The molecule has 0 aromatic heterocycles. The fourth-order valence-corrected chi connectivity index (χ4v) is 1.96. The summed E-state index contributed by atoms with van der Waals surface area (Å²) in [7, 11) is 4.91. The molecule has 8 heteroatoms. The van der Waals surface area contributed by atoms with Crippen LogP contribution in [0.3, 0.4) is 0 Å². The molecule has 0 aliphatic heterocycles. The third-order valence-corrected chi connectivity index (χ3v) is 3.49. The molecule has 0 spiro atoms. The van der Waals surface area contributed by atoms with Crippen LogP contribution in [0, 0.1) is 24.0 Å². The van der Waals surface area contributed by atoms with Gasteiger partial charge in [-0.05, 0) is 32.0 Å². The highest BCUT2D eigenvalue weighted by molar-refractivity contribution is 5.95. The molecule has 0 fully saturated rings. The Hall–Kier alpha value is -2.48. The Morgan fingerprint density at radius 3 is 2.30 bits per heavy atom. The molecule has 1 aromatic carbocycles. The lowest BCUT2D eigenvalue weighted by Crippen LogP contribution is -2.38. The van der Waals surface area contributed by atoms with Gasteiger partial charge in [0.25, 0.3) is 5.69 Å². The highest BCUT2D eigenvalue weighted by Gasteiger charge is 2.20. The average Bonchev–Trinajstić information content (AvgIpc) is 2.43. The molecular formula is C15H22N4O4. The molecule has 0 saturated heterocycles. The minimum Gasteiger partial charge on any atom is -0.348 e. The number of hydrogen-bond acceptors (Lipinski definition) is 5. The average molecular weight is 322 g/mol. The van der Waals surface area contributed by atoms with Crippen LogP contribution >= 0.6 is 0 Å². The largest absolute Gasteiger partial charge is 0.348 e. The summed E-state index contributed by atoms with van der Waals surface area (Å²) in [5.41, 5.74) is 1.56. The van der Waals surface area contributed by atoms with Gasteiger partial charge in [-0.25, -0.2) is 0 Å². The van der Waals surface area contributed by atoms with Gasteiger partial charge in [0.2, 0.25) is 11.8 Å². The van der Waals surface area contributed by atoms with Crippen molar-refractivity contribution in [2.45, 2.75) is 13.8 Å². The van der Waals surface area contributed by atoms with E-state index < -0.39 is 10.8 Å². The Kier molecular flexibility index (Phi) is 6.20. The molecule has 0 aliphatic rings. The number of carbonyl (C=O) groups excluding carboxylic acids is 2. The van der Waals surface area contributed by atoms with Gasteiger partial charge in [0.15, 0.2) is 0 Å². The Morgan fingerprint density at radius 2 is 1.78 bits per heavy atom. The zero-order chi connectivity index (χ0) is 17.7. The van der Waals surface area contributed by atoms with Gasteiger partial charge in [-0.2, -0.15) is 0 Å². The van der Waals surface area contributed by atoms with E-state index in [-0.39, 0.29) is 30.4 Å². The van der Waals surface area contributed by atoms with Crippen molar-refractivity contribution in [2.24, 2.45) is 0 Å². The van der Waals surface area contributed by atoms with Gasteiger partial charge in [0, 0.05) is 20.2 Å². The maximum atomic E-state index is 12.1. The van der Waals surface area contributed by atoms with Gasteiger partial charge in [0.1, 0.15) is 5.69 Å². The quantitative estimate of drug-likeness (QED) is 0.626.